The van der Waals surface area contributed by atoms with Crippen LogP contribution in [0, 0.1) is 5.41 Å². The van der Waals surface area contributed by atoms with Crippen LogP contribution in [-0.2, 0) is 0 Å². The molecular weight excluding hydrogens is 203 g/mol. The summed E-state index contributed by atoms with van der Waals surface area (Å²) in [6.07, 6.45) is 1.24. The minimum absolute atomic E-state index is 0.439. The average Bonchev–Trinajstić information content (AvgIpc) is 2.57. The second kappa shape index (κ2) is 2.90. The van der Waals surface area contributed by atoms with Crippen LogP contribution in [-0.4, -0.2) is 0 Å². The second-order valence-electron chi connectivity index (χ2n) is 4.45. The first-order chi connectivity index (χ1) is 5.99. The van der Waals surface area contributed by atoms with E-state index >= 15 is 0 Å². The molecule has 0 heterocycles. The molecule has 1 aromatic carbocycles. The van der Waals surface area contributed by atoms with E-state index in [0.717, 1.165) is 10.0 Å². The van der Waals surface area contributed by atoms with Crippen LogP contribution >= 0.6 is 23.2 Å². The van der Waals surface area contributed by atoms with E-state index in [9.17, 15) is 0 Å². The summed E-state index contributed by atoms with van der Waals surface area (Å²) in [7, 11) is 0. The third-order valence-electron chi connectivity index (χ3n) is 2.80. The van der Waals surface area contributed by atoms with E-state index in [-0.39, 0.29) is 0 Å². The van der Waals surface area contributed by atoms with Gasteiger partial charge in [-0.2, -0.15) is 0 Å². The summed E-state index contributed by atoms with van der Waals surface area (Å²) in [6.45, 7) is 4.54. The Morgan fingerprint density at radius 1 is 1.15 bits per heavy atom. The lowest BCUT2D eigenvalue weighted by molar-refractivity contribution is 0.622. The van der Waals surface area contributed by atoms with Gasteiger partial charge in [0.1, 0.15) is 0 Å². The van der Waals surface area contributed by atoms with Crippen LogP contribution in [0.2, 0.25) is 10.0 Å². The Morgan fingerprint density at radius 2 is 1.62 bits per heavy atom. The molecular formula is C11H12Cl2. The Morgan fingerprint density at radius 3 is 2.00 bits per heavy atom. The van der Waals surface area contributed by atoms with Gasteiger partial charge in [-0.3, -0.25) is 0 Å². The minimum Gasteiger partial charge on any atom is -0.0843 e. The quantitative estimate of drug-likeness (QED) is 0.646. The normalized spacial score (nSPS) is 24.5. The molecule has 0 aliphatic heterocycles. The number of benzene rings is 1. The molecule has 0 N–H and O–H groups in total. The van der Waals surface area contributed by atoms with Crippen molar-refractivity contribution >= 4 is 23.2 Å². The SMILES string of the molecule is CC1(C)C[C@H]1c1cc(Cl)cc(Cl)c1. The summed E-state index contributed by atoms with van der Waals surface area (Å²) in [4.78, 5) is 0. The molecule has 1 aliphatic carbocycles. The zero-order valence-electron chi connectivity index (χ0n) is 7.77. The molecule has 1 fully saturated rings. The van der Waals surface area contributed by atoms with Crippen LogP contribution in [0.4, 0.5) is 0 Å². The zero-order valence-corrected chi connectivity index (χ0v) is 9.28. The molecule has 13 heavy (non-hydrogen) atoms. The highest BCUT2D eigenvalue weighted by atomic mass is 35.5. The minimum atomic E-state index is 0.439. The van der Waals surface area contributed by atoms with Crippen LogP contribution in [0.3, 0.4) is 0 Å². The van der Waals surface area contributed by atoms with Gasteiger partial charge in [0.05, 0.1) is 0 Å². The van der Waals surface area contributed by atoms with Crippen LogP contribution in [0.15, 0.2) is 18.2 Å². The van der Waals surface area contributed by atoms with E-state index in [1.165, 1.54) is 12.0 Å². The monoisotopic (exact) mass is 214 g/mol. The molecule has 2 rings (SSSR count). The summed E-state index contributed by atoms with van der Waals surface area (Å²) in [5, 5.41) is 1.48. The van der Waals surface area contributed by atoms with E-state index in [0.29, 0.717) is 11.3 Å². The summed E-state index contributed by atoms with van der Waals surface area (Å²) in [6, 6.07) is 5.82. The highest BCUT2D eigenvalue weighted by molar-refractivity contribution is 6.34. The number of hydrogen-bond acceptors (Lipinski definition) is 0. The fourth-order valence-corrected chi connectivity index (χ4v) is 2.36. The summed E-state index contributed by atoms with van der Waals surface area (Å²) < 4.78 is 0. The van der Waals surface area contributed by atoms with Crippen molar-refractivity contribution in [3.8, 4) is 0 Å². The first-order valence-corrected chi connectivity index (χ1v) is 5.21. The highest BCUT2D eigenvalue weighted by Gasteiger charge is 2.46. The van der Waals surface area contributed by atoms with Crippen molar-refractivity contribution < 1.29 is 0 Å². The predicted octanol–water partition coefficient (Wildman–Crippen LogP) is 4.51. The van der Waals surface area contributed by atoms with Gasteiger partial charge in [0.15, 0.2) is 0 Å². The molecule has 0 spiro atoms. The molecule has 0 bridgehead atoms. The molecule has 1 aliphatic rings. The van der Waals surface area contributed by atoms with Gasteiger partial charge in [0.25, 0.3) is 0 Å². The van der Waals surface area contributed by atoms with Gasteiger partial charge in [0, 0.05) is 10.0 Å². The van der Waals surface area contributed by atoms with Gasteiger partial charge in [-0.25, -0.2) is 0 Å². The van der Waals surface area contributed by atoms with Gasteiger partial charge < -0.3 is 0 Å². The topological polar surface area (TPSA) is 0 Å². The lowest BCUT2D eigenvalue weighted by Gasteiger charge is -2.04. The number of hydrogen-bond donors (Lipinski definition) is 0. The average molecular weight is 215 g/mol. The van der Waals surface area contributed by atoms with Crippen LogP contribution in [0.5, 0.6) is 0 Å². The largest absolute Gasteiger partial charge is 0.0843 e. The van der Waals surface area contributed by atoms with Crippen LogP contribution < -0.4 is 0 Å². The maximum absolute atomic E-state index is 5.93. The first kappa shape index (κ1) is 9.36. The van der Waals surface area contributed by atoms with Crippen molar-refractivity contribution in [3.05, 3.63) is 33.8 Å². The Balaban J connectivity index is 2.32. The molecule has 70 valence electrons. The van der Waals surface area contributed by atoms with Gasteiger partial charge in [-0.15, -0.1) is 0 Å². The maximum atomic E-state index is 5.93. The highest BCUT2D eigenvalue weighted by Crippen LogP contribution is 2.58. The summed E-state index contributed by atoms with van der Waals surface area (Å²) in [5.74, 6) is 0.642. The lowest BCUT2D eigenvalue weighted by atomic mass is 10.0. The van der Waals surface area contributed by atoms with Crippen molar-refractivity contribution in [2.75, 3.05) is 0 Å². The fourth-order valence-electron chi connectivity index (χ4n) is 1.81. The lowest BCUT2D eigenvalue weighted by Crippen LogP contribution is -1.89. The molecule has 0 amide bonds. The van der Waals surface area contributed by atoms with Gasteiger partial charge in [-0.1, -0.05) is 37.0 Å². The molecule has 0 unspecified atom stereocenters. The van der Waals surface area contributed by atoms with Crippen molar-refractivity contribution in [1.29, 1.82) is 0 Å². The molecule has 0 nitrogen and oxygen atoms in total. The third-order valence-corrected chi connectivity index (χ3v) is 3.24. The summed E-state index contributed by atoms with van der Waals surface area (Å²) >= 11 is 11.9. The molecule has 1 aromatic rings. The van der Waals surface area contributed by atoms with E-state index in [1.54, 1.807) is 6.07 Å². The van der Waals surface area contributed by atoms with E-state index in [2.05, 4.69) is 13.8 Å². The zero-order chi connectivity index (χ0) is 9.64. The van der Waals surface area contributed by atoms with E-state index in [4.69, 9.17) is 23.2 Å². The maximum Gasteiger partial charge on any atom is 0.0423 e. The van der Waals surface area contributed by atoms with Crippen LogP contribution in [0.25, 0.3) is 0 Å². The van der Waals surface area contributed by atoms with Crippen molar-refractivity contribution in [2.45, 2.75) is 26.2 Å². The Bertz CT molecular complexity index is 322. The van der Waals surface area contributed by atoms with Crippen molar-refractivity contribution in [3.63, 3.8) is 0 Å². The summed E-state index contributed by atoms with van der Waals surface area (Å²) in [5.41, 5.74) is 1.72. The van der Waals surface area contributed by atoms with Crippen molar-refractivity contribution in [2.24, 2.45) is 5.41 Å². The standard InChI is InChI=1S/C11H12Cl2/c1-11(2)6-10(11)7-3-8(12)5-9(13)4-7/h3-5,10H,6H2,1-2H3/t10-/m0/s1. The van der Waals surface area contributed by atoms with Gasteiger partial charge >= 0.3 is 0 Å². The molecule has 0 aromatic heterocycles. The molecule has 0 radical (unpaired) electrons. The fraction of sp³-hybridized carbons (Fsp3) is 0.455. The smallest absolute Gasteiger partial charge is 0.0423 e. The number of rotatable bonds is 1. The van der Waals surface area contributed by atoms with Crippen LogP contribution in [0.1, 0.15) is 31.7 Å². The van der Waals surface area contributed by atoms with E-state index < -0.39 is 0 Å². The molecule has 1 saturated carbocycles. The van der Waals surface area contributed by atoms with Crippen molar-refractivity contribution in [1.82, 2.24) is 0 Å². The molecule has 1 atom stereocenters. The first-order valence-electron chi connectivity index (χ1n) is 4.45. The molecule has 2 heteroatoms. The van der Waals surface area contributed by atoms with Gasteiger partial charge in [-0.05, 0) is 41.5 Å². The Hall–Kier alpha value is -0.200. The Labute approximate surface area is 88.9 Å². The Kier molecular flexibility index (Phi) is 2.08. The second-order valence-corrected chi connectivity index (χ2v) is 5.32. The molecule has 0 saturated heterocycles. The third kappa shape index (κ3) is 1.84. The predicted molar refractivity (Wildman–Crippen MR) is 57.6 cm³/mol. The van der Waals surface area contributed by atoms with Gasteiger partial charge in [0.2, 0.25) is 0 Å². The van der Waals surface area contributed by atoms with E-state index in [1.807, 2.05) is 12.1 Å². The number of halogens is 2.